The fraction of sp³-hybridized carbons (Fsp3) is 0.417. The van der Waals surface area contributed by atoms with Gasteiger partial charge in [-0.1, -0.05) is 0 Å². The number of carbonyl (C=O) groups excluding carboxylic acids is 1. The monoisotopic (exact) mass is 240 g/mol. The van der Waals surface area contributed by atoms with Gasteiger partial charge in [-0.05, 0) is 38.1 Å². The molecule has 17 heavy (non-hydrogen) atoms. The Morgan fingerprint density at radius 1 is 1.47 bits per heavy atom. The molecule has 1 atom stereocenters. The summed E-state index contributed by atoms with van der Waals surface area (Å²) in [5, 5.41) is 2.95. The number of amides is 1. The topological polar surface area (TPSA) is 64.3 Å². The van der Waals surface area contributed by atoms with Crippen molar-refractivity contribution in [1.29, 1.82) is 0 Å². The molecule has 0 fully saturated rings. The SMILES string of the molecule is CCOCC(C)(Nc1ccc(F)cc1)C(N)=O. The van der Waals surface area contributed by atoms with Crippen LogP contribution in [0.5, 0.6) is 0 Å². The lowest BCUT2D eigenvalue weighted by molar-refractivity contribution is -0.123. The lowest BCUT2D eigenvalue weighted by atomic mass is 10.0. The third-order valence-electron chi connectivity index (χ3n) is 2.40. The average molecular weight is 240 g/mol. The molecule has 1 unspecified atom stereocenters. The van der Waals surface area contributed by atoms with Crippen LogP contribution < -0.4 is 11.1 Å². The van der Waals surface area contributed by atoms with Crippen molar-refractivity contribution in [2.24, 2.45) is 5.73 Å². The van der Waals surface area contributed by atoms with E-state index in [0.717, 1.165) is 0 Å². The molecule has 1 amide bonds. The molecule has 1 aromatic carbocycles. The zero-order chi connectivity index (χ0) is 12.9. The van der Waals surface area contributed by atoms with Crippen molar-refractivity contribution >= 4 is 11.6 Å². The second kappa shape index (κ2) is 5.63. The number of hydrogen-bond donors (Lipinski definition) is 2. The Kier molecular flexibility index (Phi) is 4.45. The summed E-state index contributed by atoms with van der Waals surface area (Å²) in [6.07, 6.45) is 0. The van der Waals surface area contributed by atoms with Gasteiger partial charge in [0.05, 0.1) is 6.61 Å². The quantitative estimate of drug-likeness (QED) is 0.792. The van der Waals surface area contributed by atoms with E-state index in [-0.39, 0.29) is 12.4 Å². The summed E-state index contributed by atoms with van der Waals surface area (Å²) in [4.78, 5) is 11.4. The number of carbonyl (C=O) groups is 1. The van der Waals surface area contributed by atoms with E-state index in [1.54, 1.807) is 19.1 Å². The molecule has 3 N–H and O–H groups in total. The highest BCUT2D eigenvalue weighted by molar-refractivity contribution is 5.87. The summed E-state index contributed by atoms with van der Waals surface area (Å²) in [7, 11) is 0. The lowest BCUT2D eigenvalue weighted by Gasteiger charge is -2.28. The van der Waals surface area contributed by atoms with Crippen molar-refractivity contribution in [3.63, 3.8) is 0 Å². The summed E-state index contributed by atoms with van der Waals surface area (Å²) in [5.74, 6) is -0.851. The van der Waals surface area contributed by atoms with Crippen molar-refractivity contribution in [2.45, 2.75) is 19.4 Å². The molecule has 0 spiro atoms. The van der Waals surface area contributed by atoms with Crippen LogP contribution in [0, 0.1) is 5.82 Å². The molecule has 0 saturated heterocycles. The van der Waals surface area contributed by atoms with Gasteiger partial charge < -0.3 is 15.8 Å². The maximum atomic E-state index is 12.7. The van der Waals surface area contributed by atoms with Crippen LogP contribution >= 0.6 is 0 Å². The number of hydrogen-bond acceptors (Lipinski definition) is 3. The van der Waals surface area contributed by atoms with E-state index in [1.165, 1.54) is 12.1 Å². The van der Waals surface area contributed by atoms with Crippen LogP contribution in [-0.2, 0) is 9.53 Å². The van der Waals surface area contributed by atoms with Gasteiger partial charge in [-0.15, -0.1) is 0 Å². The van der Waals surface area contributed by atoms with E-state index in [9.17, 15) is 9.18 Å². The lowest BCUT2D eigenvalue weighted by Crippen LogP contribution is -2.51. The summed E-state index contributed by atoms with van der Waals surface area (Å²) in [5.41, 5.74) is 4.95. The number of halogens is 1. The molecule has 1 rings (SSSR count). The van der Waals surface area contributed by atoms with Crippen molar-refractivity contribution in [3.05, 3.63) is 30.1 Å². The van der Waals surface area contributed by atoms with Crippen molar-refractivity contribution in [3.8, 4) is 0 Å². The van der Waals surface area contributed by atoms with E-state index in [2.05, 4.69) is 5.32 Å². The summed E-state index contributed by atoms with van der Waals surface area (Å²) < 4.78 is 18.0. The third-order valence-corrected chi connectivity index (χ3v) is 2.40. The first kappa shape index (κ1) is 13.4. The van der Waals surface area contributed by atoms with Crippen molar-refractivity contribution < 1.29 is 13.9 Å². The Morgan fingerprint density at radius 2 is 2.06 bits per heavy atom. The van der Waals surface area contributed by atoms with Crippen LogP contribution in [0.3, 0.4) is 0 Å². The fourth-order valence-corrected chi connectivity index (χ4v) is 1.33. The van der Waals surface area contributed by atoms with Gasteiger partial charge >= 0.3 is 0 Å². The molecular formula is C12H17FN2O2. The molecule has 1 aromatic rings. The molecule has 0 aliphatic rings. The first-order valence-corrected chi connectivity index (χ1v) is 5.39. The summed E-state index contributed by atoms with van der Waals surface area (Å²) in [6.45, 7) is 4.14. The fourth-order valence-electron chi connectivity index (χ4n) is 1.33. The van der Waals surface area contributed by atoms with Crippen molar-refractivity contribution in [2.75, 3.05) is 18.5 Å². The summed E-state index contributed by atoms with van der Waals surface area (Å²) in [6, 6.07) is 5.71. The smallest absolute Gasteiger partial charge is 0.245 e. The standard InChI is InChI=1S/C12H17FN2O2/c1-3-17-8-12(2,11(14)16)15-10-6-4-9(13)5-7-10/h4-7,15H,3,8H2,1-2H3,(H2,14,16). The Morgan fingerprint density at radius 3 is 2.53 bits per heavy atom. The highest BCUT2D eigenvalue weighted by Crippen LogP contribution is 2.16. The maximum absolute atomic E-state index is 12.7. The second-order valence-electron chi connectivity index (χ2n) is 3.97. The first-order chi connectivity index (χ1) is 7.98. The van der Waals surface area contributed by atoms with Crippen LogP contribution in [0.15, 0.2) is 24.3 Å². The number of nitrogens with two attached hydrogens (primary N) is 1. The number of rotatable bonds is 6. The van der Waals surface area contributed by atoms with E-state index in [0.29, 0.717) is 12.3 Å². The summed E-state index contributed by atoms with van der Waals surface area (Å²) >= 11 is 0. The first-order valence-electron chi connectivity index (χ1n) is 5.39. The predicted molar refractivity (Wildman–Crippen MR) is 64.1 cm³/mol. The number of anilines is 1. The molecule has 4 nitrogen and oxygen atoms in total. The van der Waals surface area contributed by atoms with Crippen LogP contribution in [0.25, 0.3) is 0 Å². The molecule has 0 radical (unpaired) electrons. The highest BCUT2D eigenvalue weighted by Gasteiger charge is 2.31. The maximum Gasteiger partial charge on any atom is 0.245 e. The zero-order valence-corrected chi connectivity index (χ0v) is 10.00. The molecule has 0 heterocycles. The molecule has 0 aliphatic heterocycles. The van der Waals surface area contributed by atoms with Crippen molar-refractivity contribution in [1.82, 2.24) is 0 Å². The minimum atomic E-state index is -1.01. The molecule has 0 saturated carbocycles. The molecule has 0 aliphatic carbocycles. The number of benzene rings is 1. The molecule has 0 bridgehead atoms. The number of nitrogens with one attached hydrogen (secondary N) is 1. The van der Waals surface area contributed by atoms with Crippen LogP contribution in [0.2, 0.25) is 0 Å². The molecule has 0 aromatic heterocycles. The molecular weight excluding hydrogens is 223 g/mol. The van der Waals surface area contributed by atoms with Gasteiger partial charge in [0, 0.05) is 12.3 Å². The largest absolute Gasteiger partial charge is 0.379 e. The number of ether oxygens (including phenoxy) is 1. The van der Waals surface area contributed by atoms with Crippen LogP contribution in [-0.4, -0.2) is 24.7 Å². The average Bonchev–Trinajstić information content (AvgIpc) is 2.29. The normalized spacial score (nSPS) is 14.1. The van der Waals surface area contributed by atoms with Crippen LogP contribution in [0.1, 0.15) is 13.8 Å². The Bertz CT molecular complexity index is 381. The zero-order valence-electron chi connectivity index (χ0n) is 10.00. The Labute approximate surface area is 100.0 Å². The third kappa shape index (κ3) is 3.71. The van der Waals surface area contributed by atoms with Gasteiger partial charge in [-0.3, -0.25) is 4.79 Å². The van der Waals surface area contributed by atoms with Gasteiger partial charge in [0.2, 0.25) is 5.91 Å². The second-order valence-corrected chi connectivity index (χ2v) is 3.97. The highest BCUT2D eigenvalue weighted by atomic mass is 19.1. The van der Waals surface area contributed by atoms with E-state index in [1.807, 2.05) is 6.92 Å². The Balaban J connectivity index is 2.79. The van der Waals surface area contributed by atoms with Gasteiger partial charge in [0.15, 0.2) is 0 Å². The van der Waals surface area contributed by atoms with E-state index in [4.69, 9.17) is 10.5 Å². The molecule has 94 valence electrons. The van der Waals surface area contributed by atoms with E-state index >= 15 is 0 Å². The van der Waals surface area contributed by atoms with Gasteiger partial charge in [-0.25, -0.2) is 4.39 Å². The van der Waals surface area contributed by atoms with Crippen LogP contribution in [0.4, 0.5) is 10.1 Å². The van der Waals surface area contributed by atoms with Gasteiger partial charge in [0.25, 0.3) is 0 Å². The van der Waals surface area contributed by atoms with Gasteiger partial charge in [-0.2, -0.15) is 0 Å². The Hall–Kier alpha value is -1.62. The minimum Gasteiger partial charge on any atom is -0.379 e. The number of primary amides is 1. The predicted octanol–water partition coefficient (Wildman–Crippen LogP) is 1.52. The van der Waals surface area contributed by atoms with E-state index < -0.39 is 11.4 Å². The minimum absolute atomic E-state index is 0.163. The van der Waals surface area contributed by atoms with Gasteiger partial charge in [0.1, 0.15) is 11.4 Å². The molecule has 5 heteroatoms.